The molecule has 1 aliphatic rings. The number of nitrogens with two attached hydrogens (primary N) is 1. The first-order valence-electron chi connectivity index (χ1n) is 7.02. The third-order valence-corrected chi connectivity index (χ3v) is 4.36. The maximum atomic E-state index is 13.7. The van der Waals surface area contributed by atoms with Crippen molar-refractivity contribution >= 4 is 17.6 Å². The Balaban J connectivity index is 2.31. The van der Waals surface area contributed by atoms with Crippen molar-refractivity contribution in [3.8, 4) is 0 Å². The van der Waals surface area contributed by atoms with Gasteiger partial charge in [0.05, 0.1) is 13.1 Å². The van der Waals surface area contributed by atoms with Gasteiger partial charge < -0.3 is 10.5 Å². The molecule has 1 aliphatic heterocycles. The number of halogens is 3. The Morgan fingerprint density at radius 2 is 2.09 bits per heavy atom. The van der Waals surface area contributed by atoms with E-state index in [2.05, 4.69) is 4.94 Å². The number of carbonyl (C=O) groups is 1. The second-order valence-corrected chi connectivity index (χ2v) is 6.00. The highest BCUT2D eigenvalue weighted by molar-refractivity contribution is 6.30. The largest absolute Gasteiger partial charge is 0.381 e. The minimum absolute atomic E-state index is 0.317. The van der Waals surface area contributed by atoms with Crippen LogP contribution < -0.4 is 5.73 Å². The fourth-order valence-electron chi connectivity index (χ4n) is 2.72. The lowest BCUT2D eigenvalue weighted by Crippen LogP contribution is -2.36. The first kappa shape index (κ1) is 17.1. The molecule has 2 rings (SSSR count). The molecule has 0 aromatic heterocycles. The molecule has 0 amide bonds. The molecule has 22 heavy (non-hydrogen) atoms. The summed E-state index contributed by atoms with van der Waals surface area (Å²) in [4.78, 5) is 14.1. The zero-order valence-corrected chi connectivity index (χ0v) is 12.7. The van der Waals surface area contributed by atoms with Gasteiger partial charge in [0.25, 0.3) is 0 Å². The summed E-state index contributed by atoms with van der Waals surface area (Å²) in [5.74, 6) is -1.06. The standard InChI is InChI=1S/C15H18ClF2NO3/c16-12-6-10(13(19)8-14(20)22-18)5-11(7-12)15(9-17)1-3-21-4-2-15/h5-7,13H,1-4,8-9,19H2. The molecular formula is C15H18ClF2NO3. The lowest BCUT2D eigenvalue weighted by molar-refractivity contribution is -0.184. The zero-order valence-electron chi connectivity index (χ0n) is 12.0. The molecule has 7 heteroatoms. The first-order valence-corrected chi connectivity index (χ1v) is 7.40. The molecule has 1 unspecified atom stereocenters. The zero-order chi connectivity index (χ0) is 16.2. The van der Waals surface area contributed by atoms with E-state index in [0.29, 0.717) is 36.6 Å². The van der Waals surface area contributed by atoms with E-state index in [9.17, 15) is 13.7 Å². The second-order valence-electron chi connectivity index (χ2n) is 5.56. The fraction of sp³-hybridized carbons (Fsp3) is 0.533. The van der Waals surface area contributed by atoms with E-state index in [1.54, 1.807) is 18.2 Å². The van der Waals surface area contributed by atoms with Gasteiger partial charge in [0, 0.05) is 34.2 Å². The molecule has 1 fully saturated rings. The van der Waals surface area contributed by atoms with Crippen molar-refractivity contribution in [1.82, 2.24) is 0 Å². The van der Waals surface area contributed by atoms with Gasteiger partial charge >= 0.3 is 5.97 Å². The van der Waals surface area contributed by atoms with Crippen LogP contribution in [0.25, 0.3) is 0 Å². The second kappa shape index (κ2) is 7.35. The van der Waals surface area contributed by atoms with E-state index < -0.39 is 24.1 Å². The summed E-state index contributed by atoms with van der Waals surface area (Å²) >= 11 is 6.10. The third kappa shape index (κ3) is 3.74. The van der Waals surface area contributed by atoms with E-state index >= 15 is 0 Å². The van der Waals surface area contributed by atoms with Gasteiger partial charge in [-0.1, -0.05) is 17.7 Å². The van der Waals surface area contributed by atoms with Gasteiger partial charge in [-0.2, -0.15) is 0 Å². The molecule has 1 aromatic rings. The van der Waals surface area contributed by atoms with Crippen LogP contribution in [-0.4, -0.2) is 25.9 Å². The van der Waals surface area contributed by atoms with Gasteiger partial charge in [0.15, 0.2) is 0 Å². The summed E-state index contributed by atoms with van der Waals surface area (Å²) in [5, 5.41) is 0.399. The van der Waals surface area contributed by atoms with Crippen molar-refractivity contribution in [2.24, 2.45) is 5.73 Å². The van der Waals surface area contributed by atoms with E-state index in [1.165, 1.54) is 0 Å². The maximum Gasteiger partial charge on any atom is 0.350 e. The number of ether oxygens (including phenoxy) is 1. The van der Waals surface area contributed by atoms with Crippen LogP contribution in [0.4, 0.5) is 8.92 Å². The third-order valence-electron chi connectivity index (χ3n) is 4.14. The van der Waals surface area contributed by atoms with Crippen molar-refractivity contribution < 1.29 is 23.4 Å². The van der Waals surface area contributed by atoms with Crippen LogP contribution in [-0.2, 0) is 19.9 Å². The summed E-state index contributed by atoms with van der Waals surface area (Å²) in [5.41, 5.74) is 6.50. The topological polar surface area (TPSA) is 61.6 Å². The molecule has 0 bridgehead atoms. The molecule has 1 atom stereocenters. The van der Waals surface area contributed by atoms with Crippen molar-refractivity contribution in [3.63, 3.8) is 0 Å². The highest BCUT2D eigenvalue weighted by Gasteiger charge is 2.35. The molecule has 4 nitrogen and oxygen atoms in total. The number of alkyl halides is 1. The van der Waals surface area contributed by atoms with Gasteiger partial charge in [-0.3, -0.25) is 9.33 Å². The fourth-order valence-corrected chi connectivity index (χ4v) is 2.97. The van der Waals surface area contributed by atoms with Gasteiger partial charge in [-0.05, 0) is 36.1 Å². The average Bonchev–Trinajstić information content (AvgIpc) is 2.54. The normalized spacial score (nSPS) is 18.7. The highest BCUT2D eigenvalue weighted by atomic mass is 35.5. The van der Waals surface area contributed by atoms with Crippen LogP contribution in [0.15, 0.2) is 18.2 Å². The summed E-state index contributed by atoms with van der Waals surface area (Å²) in [7, 11) is 0. The first-order chi connectivity index (χ1) is 10.5. The molecule has 0 spiro atoms. The predicted molar refractivity (Wildman–Crippen MR) is 77.9 cm³/mol. The van der Waals surface area contributed by atoms with Gasteiger partial charge in [-0.15, -0.1) is 0 Å². The predicted octanol–water partition coefficient (Wildman–Crippen LogP) is 3.18. The van der Waals surface area contributed by atoms with Crippen molar-refractivity contribution in [3.05, 3.63) is 34.3 Å². The van der Waals surface area contributed by atoms with Crippen LogP contribution in [0.5, 0.6) is 0 Å². The minimum Gasteiger partial charge on any atom is -0.381 e. The minimum atomic E-state index is -1.06. The molecule has 2 N–H and O–H groups in total. The summed E-state index contributed by atoms with van der Waals surface area (Å²) in [6.07, 6.45) is 0.776. The lowest BCUT2D eigenvalue weighted by Gasteiger charge is -2.35. The number of hydrogen-bond acceptors (Lipinski definition) is 4. The molecule has 1 saturated heterocycles. The lowest BCUT2D eigenvalue weighted by atomic mass is 9.74. The molecule has 1 aromatic carbocycles. The van der Waals surface area contributed by atoms with Gasteiger partial charge in [0.1, 0.15) is 0 Å². The van der Waals surface area contributed by atoms with Crippen LogP contribution in [0.3, 0.4) is 0 Å². The number of rotatable bonds is 5. The summed E-state index contributed by atoms with van der Waals surface area (Å²) in [6.45, 7) is 0.426. The van der Waals surface area contributed by atoms with Crippen LogP contribution in [0.2, 0.25) is 5.02 Å². The summed E-state index contributed by atoms with van der Waals surface area (Å²) in [6, 6.07) is 4.26. The van der Waals surface area contributed by atoms with Crippen LogP contribution in [0, 0.1) is 0 Å². The Bertz CT molecular complexity index is 536. The molecule has 0 saturated carbocycles. The number of benzene rings is 1. The highest BCUT2D eigenvalue weighted by Crippen LogP contribution is 2.38. The quantitative estimate of drug-likeness (QED) is 0.899. The number of carbonyl (C=O) groups excluding carboxylic acids is 1. The maximum absolute atomic E-state index is 13.7. The van der Waals surface area contributed by atoms with E-state index in [1.807, 2.05) is 0 Å². The Kier molecular flexibility index (Phi) is 5.72. The van der Waals surface area contributed by atoms with Crippen molar-refractivity contribution in [2.75, 3.05) is 19.9 Å². The Morgan fingerprint density at radius 1 is 1.41 bits per heavy atom. The van der Waals surface area contributed by atoms with Crippen molar-refractivity contribution in [1.29, 1.82) is 0 Å². The van der Waals surface area contributed by atoms with Gasteiger partial charge in [0.2, 0.25) is 0 Å². The molecule has 0 aliphatic carbocycles. The van der Waals surface area contributed by atoms with E-state index in [-0.39, 0.29) is 6.42 Å². The van der Waals surface area contributed by atoms with Gasteiger partial charge in [-0.25, -0.2) is 4.79 Å². The molecule has 0 radical (unpaired) electrons. The van der Waals surface area contributed by atoms with E-state index in [4.69, 9.17) is 22.1 Å². The van der Waals surface area contributed by atoms with Crippen LogP contribution in [0.1, 0.15) is 36.4 Å². The number of hydrogen-bond donors (Lipinski definition) is 1. The average molecular weight is 334 g/mol. The smallest absolute Gasteiger partial charge is 0.350 e. The Labute approximate surface area is 132 Å². The Morgan fingerprint density at radius 3 is 2.68 bits per heavy atom. The Hall–Kier alpha value is -1.24. The van der Waals surface area contributed by atoms with Crippen LogP contribution >= 0.6 is 11.6 Å². The van der Waals surface area contributed by atoms with E-state index in [0.717, 1.165) is 5.56 Å². The molecule has 122 valence electrons. The summed E-state index contributed by atoms with van der Waals surface area (Å²) < 4.78 is 30.8. The molecular weight excluding hydrogens is 316 g/mol. The molecule has 1 heterocycles. The SMILES string of the molecule is NC(CC(=O)OF)c1cc(Cl)cc(C2(CF)CCOCC2)c1. The monoisotopic (exact) mass is 333 g/mol. The van der Waals surface area contributed by atoms with Crippen molar-refractivity contribution in [2.45, 2.75) is 30.7 Å².